The Morgan fingerprint density at radius 1 is 1.30 bits per heavy atom. The van der Waals surface area contributed by atoms with Crippen LogP contribution in [0.2, 0.25) is 0 Å². The molecule has 0 bridgehead atoms. The van der Waals surface area contributed by atoms with Crippen molar-refractivity contribution in [1.29, 1.82) is 0 Å². The first kappa shape index (κ1) is 17.7. The van der Waals surface area contributed by atoms with Gasteiger partial charge >= 0.3 is 5.97 Å². The molecule has 0 aromatic heterocycles. The molecule has 27 heavy (non-hydrogen) atoms. The predicted octanol–water partition coefficient (Wildman–Crippen LogP) is 3.86. The summed E-state index contributed by atoms with van der Waals surface area (Å²) in [7, 11) is 0. The normalized spacial score (nSPS) is 46.0. The molecule has 2 saturated heterocycles. The summed E-state index contributed by atoms with van der Waals surface area (Å²) < 4.78 is 12.4. The third kappa shape index (κ3) is 2.45. The summed E-state index contributed by atoms with van der Waals surface area (Å²) in [6.45, 7) is 7.54. The smallest absolute Gasteiger partial charge is 0.311 e. The molecule has 2 heterocycles. The van der Waals surface area contributed by atoms with Gasteiger partial charge < -0.3 is 14.8 Å². The Morgan fingerprint density at radius 3 is 2.85 bits per heavy atom. The van der Waals surface area contributed by atoms with E-state index in [1.807, 2.05) is 6.07 Å². The van der Waals surface area contributed by atoms with E-state index in [1.165, 1.54) is 24.8 Å². The minimum Gasteiger partial charge on any atom is -0.462 e. The lowest BCUT2D eigenvalue weighted by molar-refractivity contribution is -0.146. The fraction of sp³-hybridized carbons (Fsp3) is 0.696. The lowest BCUT2D eigenvalue weighted by Crippen LogP contribution is -2.54. The van der Waals surface area contributed by atoms with Crippen LogP contribution in [0.5, 0.6) is 0 Å². The number of carbonyl (C=O) groups is 1. The number of epoxide rings is 1. The highest BCUT2D eigenvalue weighted by molar-refractivity contribution is 5.76. The van der Waals surface area contributed by atoms with E-state index in [0.29, 0.717) is 12.5 Å². The quantitative estimate of drug-likeness (QED) is 0.647. The summed E-state index contributed by atoms with van der Waals surface area (Å²) >= 11 is 0. The van der Waals surface area contributed by atoms with E-state index in [0.717, 1.165) is 6.42 Å². The average Bonchev–Trinajstić information content (AvgIpc) is 3.34. The van der Waals surface area contributed by atoms with Crippen molar-refractivity contribution in [2.75, 3.05) is 6.54 Å². The van der Waals surface area contributed by atoms with Crippen LogP contribution in [-0.2, 0) is 14.3 Å². The number of fused-ring (bicyclic) bond motifs is 2. The van der Waals surface area contributed by atoms with E-state index in [-0.39, 0.29) is 47.1 Å². The van der Waals surface area contributed by atoms with Crippen LogP contribution < -0.4 is 5.32 Å². The van der Waals surface area contributed by atoms with Crippen LogP contribution in [0.1, 0.15) is 58.1 Å². The van der Waals surface area contributed by atoms with Gasteiger partial charge in [-0.1, -0.05) is 50.6 Å². The number of ether oxygens (including phenoxy) is 2. The monoisotopic (exact) mass is 369 g/mol. The molecule has 1 N–H and O–H groups in total. The van der Waals surface area contributed by atoms with Crippen molar-refractivity contribution in [2.45, 2.75) is 70.3 Å². The summed E-state index contributed by atoms with van der Waals surface area (Å²) in [5, 5.41) is 3.58. The second-order valence-corrected chi connectivity index (χ2v) is 9.59. The second-order valence-electron chi connectivity index (χ2n) is 9.59. The topological polar surface area (TPSA) is 50.9 Å². The number of esters is 1. The number of benzene rings is 1. The summed E-state index contributed by atoms with van der Waals surface area (Å²) in [6.07, 6.45) is 4.90. The van der Waals surface area contributed by atoms with E-state index < -0.39 is 0 Å². The first-order valence-electron chi connectivity index (χ1n) is 10.6. The van der Waals surface area contributed by atoms with Crippen LogP contribution in [0.25, 0.3) is 0 Å². The SMILES string of the molecule is C[C@H](NC[C@@H]1C(=O)O[C@@H]2C[C@@]3(C)CCC[C@H](C)[C@]34O[C@@H]4[C@H]12)c1ccccc1. The van der Waals surface area contributed by atoms with Gasteiger partial charge in [-0.2, -0.15) is 0 Å². The van der Waals surface area contributed by atoms with Crippen molar-refractivity contribution < 1.29 is 14.3 Å². The van der Waals surface area contributed by atoms with Gasteiger partial charge in [-0.3, -0.25) is 4.79 Å². The fourth-order valence-corrected chi connectivity index (χ4v) is 6.63. The van der Waals surface area contributed by atoms with E-state index >= 15 is 0 Å². The van der Waals surface area contributed by atoms with Crippen molar-refractivity contribution in [1.82, 2.24) is 5.32 Å². The van der Waals surface area contributed by atoms with E-state index in [4.69, 9.17) is 9.47 Å². The molecule has 4 heteroatoms. The third-order valence-corrected chi connectivity index (χ3v) is 8.14. The van der Waals surface area contributed by atoms with Crippen LogP contribution in [0, 0.1) is 23.2 Å². The first-order valence-corrected chi connectivity index (χ1v) is 10.6. The Kier molecular flexibility index (Phi) is 3.97. The van der Waals surface area contributed by atoms with Gasteiger partial charge in [0.1, 0.15) is 11.7 Å². The fourth-order valence-electron chi connectivity index (χ4n) is 6.63. The average molecular weight is 370 g/mol. The maximum absolute atomic E-state index is 12.7. The van der Waals surface area contributed by atoms with E-state index in [1.54, 1.807) is 0 Å². The molecule has 2 aliphatic carbocycles. The zero-order valence-electron chi connectivity index (χ0n) is 16.6. The van der Waals surface area contributed by atoms with Gasteiger partial charge in [0.25, 0.3) is 0 Å². The summed E-state index contributed by atoms with van der Waals surface area (Å²) in [4.78, 5) is 12.7. The molecule has 4 aliphatic rings. The standard InChI is InChI=1S/C23H31NO3/c1-14-8-7-11-22(3)12-18-19(20-23(14,22)27-20)17(21(25)26-18)13-24-15(2)16-9-5-4-6-10-16/h4-6,9-10,14-15,17-20,24H,7-8,11-13H2,1-3H3/t14-,15-,17-,18+,19+,20+,22+,23+/m0/s1. The van der Waals surface area contributed by atoms with Crippen LogP contribution in [0.15, 0.2) is 30.3 Å². The van der Waals surface area contributed by atoms with Crippen molar-refractivity contribution in [2.24, 2.45) is 23.2 Å². The van der Waals surface area contributed by atoms with Crippen molar-refractivity contribution in [3.63, 3.8) is 0 Å². The number of hydrogen-bond donors (Lipinski definition) is 1. The summed E-state index contributed by atoms with van der Waals surface area (Å²) in [5.74, 6) is 0.666. The first-order chi connectivity index (χ1) is 13.0. The van der Waals surface area contributed by atoms with Crippen LogP contribution in [0.4, 0.5) is 0 Å². The number of carbonyl (C=O) groups excluding carboxylic acids is 1. The molecular formula is C23H31NO3. The van der Waals surface area contributed by atoms with Gasteiger partial charge in [0.2, 0.25) is 0 Å². The highest BCUT2D eigenvalue weighted by Gasteiger charge is 2.78. The van der Waals surface area contributed by atoms with E-state index in [2.05, 4.69) is 50.4 Å². The third-order valence-electron chi connectivity index (χ3n) is 8.14. The van der Waals surface area contributed by atoms with Crippen molar-refractivity contribution >= 4 is 5.97 Å². The molecule has 0 radical (unpaired) electrons. The Morgan fingerprint density at radius 2 is 2.07 bits per heavy atom. The van der Waals surface area contributed by atoms with Crippen molar-refractivity contribution in [3.8, 4) is 0 Å². The molecule has 1 aromatic carbocycles. The molecule has 5 rings (SSSR count). The molecule has 146 valence electrons. The summed E-state index contributed by atoms with van der Waals surface area (Å²) in [5.41, 5.74) is 1.40. The van der Waals surface area contributed by atoms with Gasteiger partial charge in [0.05, 0.1) is 12.0 Å². The Balaban J connectivity index is 1.34. The molecule has 4 fully saturated rings. The molecule has 1 spiro atoms. The largest absolute Gasteiger partial charge is 0.462 e. The van der Waals surface area contributed by atoms with Gasteiger partial charge in [-0.15, -0.1) is 0 Å². The second kappa shape index (κ2) is 6.05. The lowest BCUT2D eigenvalue weighted by Gasteiger charge is -2.48. The number of nitrogens with one attached hydrogen (secondary N) is 1. The molecular weight excluding hydrogens is 338 g/mol. The molecule has 4 nitrogen and oxygen atoms in total. The zero-order valence-corrected chi connectivity index (χ0v) is 16.6. The predicted molar refractivity (Wildman–Crippen MR) is 103 cm³/mol. The van der Waals surface area contributed by atoms with Gasteiger partial charge in [-0.25, -0.2) is 0 Å². The summed E-state index contributed by atoms with van der Waals surface area (Å²) in [6, 6.07) is 10.6. The lowest BCUT2D eigenvalue weighted by atomic mass is 9.53. The molecule has 0 amide bonds. The molecule has 8 atom stereocenters. The highest BCUT2D eigenvalue weighted by Crippen LogP contribution is 2.70. The highest BCUT2D eigenvalue weighted by atomic mass is 16.6. The minimum atomic E-state index is -0.0933. The Hall–Kier alpha value is -1.39. The van der Waals surface area contributed by atoms with Gasteiger partial charge in [0, 0.05) is 23.9 Å². The number of hydrogen-bond acceptors (Lipinski definition) is 4. The van der Waals surface area contributed by atoms with Crippen molar-refractivity contribution in [3.05, 3.63) is 35.9 Å². The molecule has 2 saturated carbocycles. The molecule has 2 aliphatic heterocycles. The maximum Gasteiger partial charge on any atom is 0.311 e. The Labute approximate surface area is 162 Å². The van der Waals surface area contributed by atoms with Crippen LogP contribution >= 0.6 is 0 Å². The number of rotatable bonds is 4. The minimum absolute atomic E-state index is 0.0102. The Bertz CT molecular complexity index is 736. The molecule has 0 unspecified atom stereocenters. The maximum atomic E-state index is 12.7. The molecule has 1 aromatic rings. The van der Waals surface area contributed by atoms with Crippen LogP contribution in [-0.4, -0.2) is 30.3 Å². The zero-order chi connectivity index (χ0) is 18.8. The van der Waals surface area contributed by atoms with Gasteiger partial charge in [0.15, 0.2) is 0 Å². The van der Waals surface area contributed by atoms with Gasteiger partial charge in [-0.05, 0) is 37.7 Å². The van der Waals surface area contributed by atoms with E-state index in [9.17, 15) is 4.79 Å². The van der Waals surface area contributed by atoms with Crippen LogP contribution in [0.3, 0.4) is 0 Å².